The highest BCUT2D eigenvalue weighted by atomic mass is 32.1. The average molecular weight is 394 g/mol. The number of carbonyl (C=O) groups excluding carboxylic acids is 1. The summed E-state index contributed by atoms with van der Waals surface area (Å²) in [6.07, 6.45) is 1.75. The Morgan fingerprint density at radius 1 is 1.18 bits per heavy atom. The zero-order valence-electron chi connectivity index (χ0n) is 15.6. The van der Waals surface area contributed by atoms with Crippen LogP contribution in [0.15, 0.2) is 59.2 Å². The summed E-state index contributed by atoms with van der Waals surface area (Å²) in [6, 6.07) is 13.8. The summed E-state index contributed by atoms with van der Waals surface area (Å²) in [5.74, 6) is 0.247. The van der Waals surface area contributed by atoms with Crippen molar-refractivity contribution in [1.82, 2.24) is 4.98 Å². The van der Waals surface area contributed by atoms with Crippen molar-refractivity contribution in [2.45, 2.75) is 26.8 Å². The van der Waals surface area contributed by atoms with Crippen LogP contribution in [-0.2, 0) is 17.8 Å². The van der Waals surface area contributed by atoms with Crippen molar-refractivity contribution in [3.63, 3.8) is 0 Å². The van der Waals surface area contributed by atoms with Crippen molar-refractivity contribution in [2.75, 3.05) is 4.90 Å². The maximum absolute atomic E-state index is 13.2. The third kappa shape index (κ3) is 3.82. The van der Waals surface area contributed by atoms with Crippen LogP contribution in [-0.4, -0.2) is 10.9 Å². The molecule has 4 nitrogen and oxygen atoms in total. The number of nitrogens with zero attached hydrogens (tertiary/aromatic N) is 2. The van der Waals surface area contributed by atoms with Gasteiger partial charge in [-0.2, -0.15) is 0 Å². The minimum Gasteiger partial charge on any atom is -0.467 e. The molecule has 2 heterocycles. The molecule has 0 fully saturated rings. The second kappa shape index (κ2) is 7.56. The summed E-state index contributed by atoms with van der Waals surface area (Å²) < 4.78 is 19.7. The highest BCUT2D eigenvalue weighted by Gasteiger charge is 2.22. The van der Waals surface area contributed by atoms with Crippen LogP contribution in [0.25, 0.3) is 10.2 Å². The van der Waals surface area contributed by atoms with E-state index in [1.165, 1.54) is 23.5 Å². The maximum atomic E-state index is 13.2. The first-order chi connectivity index (χ1) is 13.5. The number of hydrogen-bond donors (Lipinski definition) is 0. The number of amides is 1. The van der Waals surface area contributed by atoms with Crippen molar-refractivity contribution in [3.05, 3.63) is 83.1 Å². The molecule has 1 amide bonds. The van der Waals surface area contributed by atoms with E-state index in [0.717, 1.165) is 26.9 Å². The molecule has 142 valence electrons. The van der Waals surface area contributed by atoms with Crippen LogP contribution >= 0.6 is 11.3 Å². The Morgan fingerprint density at radius 3 is 2.68 bits per heavy atom. The Bertz CT molecular complexity index is 1120. The minimum absolute atomic E-state index is 0.114. The quantitative estimate of drug-likeness (QED) is 0.454. The normalized spacial score (nSPS) is 11.1. The van der Waals surface area contributed by atoms with Crippen LogP contribution in [0.5, 0.6) is 0 Å². The van der Waals surface area contributed by atoms with E-state index in [0.29, 0.717) is 17.4 Å². The molecule has 0 N–H and O–H groups in total. The molecular weight excluding hydrogens is 375 g/mol. The summed E-state index contributed by atoms with van der Waals surface area (Å²) >= 11 is 1.50. The van der Waals surface area contributed by atoms with Crippen LogP contribution in [0, 0.1) is 19.7 Å². The third-order valence-corrected chi connectivity index (χ3v) is 5.73. The van der Waals surface area contributed by atoms with Crippen LogP contribution in [0.2, 0.25) is 0 Å². The smallest absolute Gasteiger partial charge is 0.233 e. The molecule has 6 heteroatoms. The molecule has 4 rings (SSSR count). The molecule has 0 bridgehead atoms. The third-order valence-electron chi connectivity index (χ3n) is 4.50. The fraction of sp³-hybridized carbons (Fsp3) is 0.182. The van der Waals surface area contributed by atoms with Crippen LogP contribution < -0.4 is 4.90 Å². The molecule has 4 aromatic rings. The molecule has 0 spiro atoms. The molecule has 0 aliphatic heterocycles. The van der Waals surface area contributed by atoms with E-state index in [1.54, 1.807) is 29.4 Å². The van der Waals surface area contributed by atoms with E-state index in [2.05, 4.69) is 13.0 Å². The van der Waals surface area contributed by atoms with Crippen molar-refractivity contribution in [2.24, 2.45) is 0 Å². The van der Waals surface area contributed by atoms with Crippen molar-refractivity contribution in [1.29, 1.82) is 0 Å². The molecule has 0 aliphatic carbocycles. The van der Waals surface area contributed by atoms with Gasteiger partial charge in [0.15, 0.2) is 5.13 Å². The predicted molar refractivity (Wildman–Crippen MR) is 109 cm³/mol. The van der Waals surface area contributed by atoms with Gasteiger partial charge in [0, 0.05) is 0 Å². The van der Waals surface area contributed by atoms with E-state index < -0.39 is 0 Å². The molecule has 0 saturated heterocycles. The maximum Gasteiger partial charge on any atom is 0.233 e. The highest BCUT2D eigenvalue weighted by Crippen LogP contribution is 2.33. The number of furan rings is 1. The topological polar surface area (TPSA) is 46.3 Å². The van der Waals surface area contributed by atoms with E-state index in [9.17, 15) is 9.18 Å². The number of benzene rings is 2. The Labute approximate surface area is 166 Å². The van der Waals surface area contributed by atoms with Crippen LogP contribution in [0.3, 0.4) is 0 Å². The largest absolute Gasteiger partial charge is 0.467 e. The summed E-state index contributed by atoms with van der Waals surface area (Å²) in [7, 11) is 0. The van der Waals surface area contributed by atoms with E-state index in [1.807, 2.05) is 19.1 Å². The molecule has 0 unspecified atom stereocenters. The number of carbonyl (C=O) groups is 1. The van der Waals surface area contributed by atoms with Gasteiger partial charge in [-0.3, -0.25) is 9.69 Å². The lowest BCUT2D eigenvalue weighted by Crippen LogP contribution is -2.31. The molecule has 0 aliphatic rings. The van der Waals surface area contributed by atoms with Crippen molar-refractivity contribution in [3.8, 4) is 0 Å². The second-order valence-electron chi connectivity index (χ2n) is 6.79. The van der Waals surface area contributed by atoms with Gasteiger partial charge < -0.3 is 4.42 Å². The van der Waals surface area contributed by atoms with Gasteiger partial charge in [-0.05, 0) is 60.9 Å². The number of anilines is 1. The Balaban J connectivity index is 1.69. The molecule has 0 radical (unpaired) electrons. The summed E-state index contributed by atoms with van der Waals surface area (Å²) in [5, 5.41) is 0.632. The first-order valence-electron chi connectivity index (χ1n) is 8.94. The fourth-order valence-electron chi connectivity index (χ4n) is 3.17. The van der Waals surface area contributed by atoms with Gasteiger partial charge >= 0.3 is 0 Å². The molecular formula is C22H19FN2O2S. The van der Waals surface area contributed by atoms with Gasteiger partial charge in [0.2, 0.25) is 5.91 Å². The molecule has 0 atom stereocenters. The molecule has 2 aromatic heterocycles. The summed E-state index contributed by atoms with van der Waals surface area (Å²) in [6.45, 7) is 4.38. The average Bonchev–Trinajstić information content (AvgIpc) is 3.31. The van der Waals surface area contributed by atoms with Gasteiger partial charge in [0.05, 0.1) is 29.4 Å². The van der Waals surface area contributed by atoms with Gasteiger partial charge in [-0.1, -0.05) is 29.5 Å². The second-order valence-corrected chi connectivity index (χ2v) is 7.77. The number of rotatable bonds is 5. The zero-order chi connectivity index (χ0) is 19.7. The number of fused-ring (bicyclic) bond motifs is 1. The monoisotopic (exact) mass is 394 g/mol. The lowest BCUT2D eigenvalue weighted by molar-refractivity contribution is -0.118. The fourth-order valence-corrected chi connectivity index (χ4v) is 4.21. The number of aryl methyl sites for hydroxylation is 2. The van der Waals surface area contributed by atoms with Gasteiger partial charge in [0.25, 0.3) is 0 Å². The SMILES string of the molecule is Cc1cc(C)c2sc(N(Cc3ccco3)C(=O)Cc3ccc(F)cc3)nc2c1. The zero-order valence-corrected chi connectivity index (χ0v) is 16.4. The molecule has 2 aromatic carbocycles. The van der Waals surface area contributed by atoms with E-state index in [-0.39, 0.29) is 18.1 Å². The van der Waals surface area contributed by atoms with Crippen molar-refractivity contribution >= 4 is 32.6 Å². The first kappa shape index (κ1) is 18.4. The molecule has 28 heavy (non-hydrogen) atoms. The number of hydrogen-bond acceptors (Lipinski definition) is 4. The molecule has 0 saturated carbocycles. The minimum atomic E-state index is -0.319. The van der Waals surface area contributed by atoms with E-state index >= 15 is 0 Å². The predicted octanol–water partition coefficient (Wildman–Crippen LogP) is 5.42. The van der Waals surface area contributed by atoms with Crippen LogP contribution in [0.4, 0.5) is 9.52 Å². The summed E-state index contributed by atoms with van der Waals surface area (Å²) in [4.78, 5) is 19.5. The first-order valence-corrected chi connectivity index (χ1v) is 9.76. The van der Waals surface area contributed by atoms with Gasteiger partial charge in [-0.25, -0.2) is 9.37 Å². The Hall–Kier alpha value is -2.99. The number of aromatic nitrogens is 1. The number of thiazole rings is 1. The lowest BCUT2D eigenvalue weighted by Gasteiger charge is -2.18. The summed E-state index contributed by atoms with van der Waals surface area (Å²) in [5.41, 5.74) is 3.92. The Kier molecular flexibility index (Phi) is 4.96. The van der Waals surface area contributed by atoms with Gasteiger partial charge in [-0.15, -0.1) is 0 Å². The van der Waals surface area contributed by atoms with Gasteiger partial charge in [0.1, 0.15) is 11.6 Å². The Morgan fingerprint density at radius 2 is 1.96 bits per heavy atom. The number of halogens is 1. The highest BCUT2D eigenvalue weighted by molar-refractivity contribution is 7.22. The van der Waals surface area contributed by atoms with E-state index in [4.69, 9.17) is 9.40 Å². The van der Waals surface area contributed by atoms with Crippen molar-refractivity contribution < 1.29 is 13.6 Å². The lowest BCUT2D eigenvalue weighted by atomic mass is 10.1. The van der Waals surface area contributed by atoms with Crippen LogP contribution in [0.1, 0.15) is 22.5 Å². The standard InChI is InChI=1S/C22H19FN2O2S/c1-14-10-15(2)21-19(11-14)24-22(28-21)25(13-18-4-3-9-27-18)20(26)12-16-5-7-17(23)8-6-16/h3-11H,12-13H2,1-2H3.